The quantitative estimate of drug-likeness (QED) is 0.880. The van der Waals surface area contributed by atoms with Crippen LogP contribution >= 0.6 is 28.3 Å². The molecule has 0 aliphatic heterocycles. The predicted octanol–water partition coefficient (Wildman–Crippen LogP) is 3.08. The van der Waals surface area contributed by atoms with Crippen molar-refractivity contribution in [2.24, 2.45) is 0 Å². The fourth-order valence-corrected chi connectivity index (χ4v) is 2.98. The molecule has 0 unspecified atom stereocenters. The fourth-order valence-electron chi connectivity index (χ4n) is 2.13. The smallest absolute Gasteiger partial charge is 0.180 e. The number of thiazole rings is 1. The van der Waals surface area contributed by atoms with Gasteiger partial charge in [-0.1, -0.05) is 0 Å². The van der Waals surface area contributed by atoms with Gasteiger partial charge in [-0.2, -0.15) is 0 Å². The molecule has 0 amide bonds. The number of nitrogen functional groups attached to an aromatic ring is 1. The van der Waals surface area contributed by atoms with Crippen LogP contribution in [0.15, 0.2) is 18.2 Å². The zero-order chi connectivity index (χ0) is 11.1. The summed E-state index contributed by atoms with van der Waals surface area (Å²) < 4.78 is 5.23. The Morgan fingerprint density at radius 3 is 2.94 bits per heavy atom. The van der Waals surface area contributed by atoms with Crippen molar-refractivity contribution in [3.05, 3.63) is 28.6 Å². The molecule has 3 nitrogen and oxygen atoms in total. The number of hydrogen-bond acceptors (Lipinski definition) is 4. The normalized spacial score (nSPS) is 12.3. The van der Waals surface area contributed by atoms with Crippen LogP contribution in [-0.2, 0) is 12.8 Å². The largest absolute Gasteiger partial charge is 0.497 e. The zero-order valence-electron chi connectivity index (χ0n) is 9.40. The van der Waals surface area contributed by atoms with Crippen molar-refractivity contribution in [1.29, 1.82) is 0 Å². The Hall–Kier alpha value is -1.07. The number of fused-ring (bicyclic) bond motifs is 3. The van der Waals surface area contributed by atoms with Gasteiger partial charge in [-0.15, -0.1) is 28.3 Å². The molecule has 1 aliphatic carbocycles. The third kappa shape index (κ3) is 2.05. The van der Waals surface area contributed by atoms with Crippen LogP contribution in [0.1, 0.15) is 10.4 Å². The van der Waals surface area contributed by atoms with Gasteiger partial charge in [0.25, 0.3) is 0 Å². The SMILES string of the molecule is Br.COc1ccc2c(c1)CCc1sc(N)nc1-2. The van der Waals surface area contributed by atoms with E-state index in [1.165, 1.54) is 16.0 Å². The molecule has 0 fully saturated rings. The van der Waals surface area contributed by atoms with Crippen molar-refractivity contribution in [3.8, 4) is 17.0 Å². The minimum absolute atomic E-state index is 0. The summed E-state index contributed by atoms with van der Waals surface area (Å²) in [5.74, 6) is 0.908. The van der Waals surface area contributed by atoms with Crippen molar-refractivity contribution in [2.75, 3.05) is 12.8 Å². The number of halogens is 1. The molecule has 1 aromatic carbocycles. The van der Waals surface area contributed by atoms with E-state index >= 15 is 0 Å². The minimum Gasteiger partial charge on any atom is -0.497 e. The van der Waals surface area contributed by atoms with E-state index in [2.05, 4.69) is 17.1 Å². The molecule has 0 spiro atoms. The van der Waals surface area contributed by atoms with Crippen LogP contribution in [0.5, 0.6) is 5.75 Å². The molecule has 0 radical (unpaired) electrons. The average Bonchev–Trinajstić information content (AvgIpc) is 2.69. The first-order valence-electron chi connectivity index (χ1n) is 5.20. The first-order valence-corrected chi connectivity index (χ1v) is 6.02. The summed E-state index contributed by atoms with van der Waals surface area (Å²) in [4.78, 5) is 5.70. The Kier molecular flexibility index (Phi) is 3.40. The number of benzene rings is 1. The Morgan fingerprint density at radius 1 is 1.35 bits per heavy atom. The first kappa shape index (κ1) is 12.4. The second kappa shape index (κ2) is 4.66. The van der Waals surface area contributed by atoms with Gasteiger partial charge < -0.3 is 10.5 Å². The van der Waals surface area contributed by atoms with E-state index in [9.17, 15) is 0 Å². The number of rotatable bonds is 1. The molecule has 0 atom stereocenters. The zero-order valence-corrected chi connectivity index (χ0v) is 11.9. The number of hydrogen-bond donors (Lipinski definition) is 1. The number of anilines is 1. The Balaban J connectivity index is 0.00000108. The van der Waals surface area contributed by atoms with Gasteiger partial charge in [-0.25, -0.2) is 4.98 Å². The number of nitrogens with zero attached hydrogens (tertiary/aromatic N) is 1. The number of nitrogens with two attached hydrogens (primary N) is 1. The molecule has 2 N–H and O–H groups in total. The Labute approximate surface area is 114 Å². The average molecular weight is 313 g/mol. The third-order valence-corrected chi connectivity index (χ3v) is 3.85. The Bertz CT molecular complexity index is 553. The van der Waals surface area contributed by atoms with Gasteiger partial charge in [0.2, 0.25) is 0 Å². The topological polar surface area (TPSA) is 48.1 Å². The van der Waals surface area contributed by atoms with Gasteiger partial charge in [0.1, 0.15) is 5.75 Å². The van der Waals surface area contributed by atoms with Crippen molar-refractivity contribution >= 4 is 33.4 Å². The molecule has 90 valence electrons. The molecule has 17 heavy (non-hydrogen) atoms. The van der Waals surface area contributed by atoms with Crippen LogP contribution in [-0.4, -0.2) is 12.1 Å². The van der Waals surface area contributed by atoms with E-state index in [1.54, 1.807) is 18.4 Å². The maximum absolute atomic E-state index is 5.75. The maximum atomic E-state index is 5.75. The summed E-state index contributed by atoms with van der Waals surface area (Å²) in [5.41, 5.74) is 9.32. The highest BCUT2D eigenvalue weighted by atomic mass is 79.9. The lowest BCUT2D eigenvalue weighted by molar-refractivity contribution is 0.414. The van der Waals surface area contributed by atoms with Gasteiger partial charge in [0, 0.05) is 10.4 Å². The van der Waals surface area contributed by atoms with Gasteiger partial charge in [-0.3, -0.25) is 0 Å². The summed E-state index contributed by atoms with van der Waals surface area (Å²) in [6, 6.07) is 6.14. The summed E-state index contributed by atoms with van der Waals surface area (Å²) in [7, 11) is 1.69. The molecule has 0 saturated heterocycles. The first-order chi connectivity index (χ1) is 7.78. The van der Waals surface area contributed by atoms with E-state index in [4.69, 9.17) is 10.5 Å². The highest BCUT2D eigenvalue weighted by Crippen LogP contribution is 2.38. The lowest BCUT2D eigenvalue weighted by Crippen LogP contribution is -2.02. The van der Waals surface area contributed by atoms with Crippen LogP contribution in [0, 0.1) is 0 Å². The van der Waals surface area contributed by atoms with E-state index in [0.717, 1.165) is 24.3 Å². The van der Waals surface area contributed by atoms with Crippen molar-refractivity contribution in [2.45, 2.75) is 12.8 Å². The lowest BCUT2D eigenvalue weighted by Gasteiger charge is -2.15. The molecule has 5 heteroatoms. The summed E-state index contributed by atoms with van der Waals surface area (Å²) in [6.07, 6.45) is 2.07. The molecule has 1 aliphatic rings. The van der Waals surface area contributed by atoms with E-state index in [-0.39, 0.29) is 17.0 Å². The predicted molar refractivity (Wildman–Crippen MR) is 76.2 cm³/mol. The molecular formula is C12H13BrN2OS. The van der Waals surface area contributed by atoms with Crippen molar-refractivity contribution < 1.29 is 4.74 Å². The number of aryl methyl sites for hydroxylation is 2. The highest BCUT2D eigenvalue weighted by molar-refractivity contribution is 8.93. The van der Waals surface area contributed by atoms with E-state index in [0.29, 0.717) is 5.13 Å². The number of aromatic nitrogens is 1. The Morgan fingerprint density at radius 2 is 2.18 bits per heavy atom. The van der Waals surface area contributed by atoms with E-state index < -0.39 is 0 Å². The summed E-state index contributed by atoms with van der Waals surface area (Å²) >= 11 is 1.60. The van der Waals surface area contributed by atoms with Crippen LogP contribution < -0.4 is 10.5 Å². The van der Waals surface area contributed by atoms with Gasteiger partial charge in [0.15, 0.2) is 5.13 Å². The number of methoxy groups -OCH3 is 1. The van der Waals surface area contributed by atoms with Gasteiger partial charge >= 0.3 is 0 Å². The van der Waals surface area contributed by atoms with Crippen LogP contribution in [0.2, 0.25) is 0 Å². The number of ether oxygens (including phenoxy) is 1. The van der Waals surface area contributed by atoms with Gasteiger partial charge in [0.05, 0.1) is 12.8 Å². The fraction of sp³-hybridized carbons (Fsp3) is 0.250. The molecule has 3 rings (SSSR count). The lowest BCUT2D eigenvalue weighted by atomic mass is 9.93. The van der Waals surface area contributed by atoms with Crippen LogP contribution in [0.3, 0.4) is 0 Å². The van der Waals surface area contributed by atoms with Crippen LogP contribution in [0.4, 0.5) is 5.13 Å². The summed E-state index contributed by atoms with van der Waals surface area (Å²) in [5, 5.41) is 0.661. The summed E-state index contributed by atoms with van der Waals surface area (Å²) in [6.45, 7) is 0. The molecule has 0 bridgehead atoms. The molecule has 1 heterocycles. The maximum Gasteiger partial charge on any atom is 0.180 e. The molecule has 1 aromatic heterocycles. The third-order valence-electron chi connectivity index (χ3n) is 2.90. The molecular weight excluding hydrogens is 300 g/mol. The molecule has 0 saturated carbocycles. The van der Waals surface area contributed by atoms with Gasteiger partial charge in [-0.05, 0) is 36.6 Å². The van der Waals surface area contributed by atoms with E-state index in [1.807, 2.05) is 6.07 Å². The second-order valence-corrected chi connectivity index (χ2v) is 4.96. The second-order valence-electron chi connectivity index (χ2n) is 3.85. The standard InChI is InChI=1S/C12H12N2OS.BrH/c1-15-8-3-4-9-7(6-8)2-5-10-11(9)14-12(13)16-10;/h3-4,6H,2,5H2,1H3,(H2,13,14);1H. The van der Waals surface area contributed by atoms with Crippen molar-refractivity contribution in [3.63, 3.8) is 0 Å². The molecule has 2 aromatic rings. The minimum atomic E-state index is 0. The highest BCUT2D eigenvalue weighted by Gasteiger charge is 2.20. The monoisotopic (exact) mass is 312 g/mol. The van der Waals surface area contributed by atoms with Crippen LogP contribution in [0.25, 0.3) is 11.3 Å². The van der Waals surface area contributed by atoms with Crippen molar-refractivity contribution in [1.82, 2.24) is 4.98 Å².